The van der Waals surface area contributed by atoms with Gasteiger partial charge in [0.2, 0.25) is 5.91 Å². The number of hydrogen-bond donors (Lipinski definition) is 2. The molecule has 2 amide bonds. The largest absolute Gasteiger partial charge is 0.497 e. The molecular formula is C32H33N3O5S. The Bertz CT molecular complexity index is 1610. The first-order valence-corrected chi connectivity index (χ1v) is 14.4. The van der Waals surface area contributed by atoms with Crippen LogP contribution in [0.3, 0.4) is 0 Å². The van der Waals surface area contributed by atoms with E-state index in [1.54, 1.807) is 78.9 Å². The Morgan fingerprint density at radius 3 is 1.98 bits per heavy atom. The third-order valence-electron chi connectivity index (χ3n) is 6.40. The van der Waals surface area contributed by atoms with Crippen LogP contribution in [-0.2, 0) is 20.2 Å². The van der Waals surface area contributed by atoms with Crippen LogP contribution in [0.2, 0.25) is 0 Å². The maximum Gasteiger partial charge on any atom is 0.264 e. The smallest absolute Gasteiger partial charge is 0.264 e. The quantitative estimate of drug-likeness (QED) is 0.253. The average Bonchev–Trinajstić information content (AvgIpc) is 2.96. The van der Waals surface area contributed by atoms with Gasteiger partial charge in [0.25, 0.3) is 15.9 Å². The van der Waals surface area contributed by atoms with E-state index < -0.39 is 22.5 Å². The standard InChI is InChI=1S/C32H33N3O5S/c1-32(2,3)24-15-13-23(14-16-24)31(37)34-26-10-8-9-25(21-26)33-30(36)22-35(27-11-6-5-7-12-27)41(38,39)29-19-17-28(40-4)18-20-29/h5-21H,22H2,1-4H3,(H,33,36)(H,34,37). The molecule has 0 fully saturated rings. The molecule has 0 aliphatic heterocycles. The van der Waals surface area contributed by atoms with Gasteiger partial charge in [0.1, 0.15) is 12.3 Å². The highest BCUT2D eigenvalue weighted by molar-refractivity contribution is 7.92. The molecule has 4 aromatic rings. The maximum atomic E-state index is 13.6. The number of anilines is 3. The van der Waals surface area contributed by atoms with Crippen molar-refractivity contribution in [3.63, 3.8) is 0 Å². The number of para-hydroxylation sites is 1. The van der Waals surface area contributed by atoms with Crippen LogP contribution in [-0.4, -0.2) is 33.9 Å². The number of amides is 2. The number of carbonyl (C=O) groups excluding carboxylic acids is 2. The lowest BCUT2D eigenvalue weighted by atomic mass is 9.87. The van der Waals surface area contributed by atoms with Gasteiger partial charge in [-0.15, -0.1) is 0 Å². The summed E-state index contributed by atoms with van der Waals surface area (Å²) in [5, 5.41) is 5.59. The fraction of sp³-hybridized carbons (Fsp3) is 0.188. The van der Waals surface area contributed by atoms with Crippen molar-refractivity contribution in [3.05, 3.63) is 114 Å². The molecule has 9 heteroatoms. The molecule has 0 saturated carbocycles. The lowest BCUT2D eigenvalue weighted by Crippen LogP contribution is -2.38. The number of nitrogens with zero attached hydrogens (tertiary/aromatic N) is 1. The zero-order chi connectivity index (χ0) is 29.6. The summed E-state index contributed by atoms with van der Waals surface area (Å²) >= 11 is 0. The summed E-state index contributed by atoms with van der Waals surface area (Å²) in [6.07, 6.45) is 0. The van der Waals surface area contributed by atoms with Gasteiger partial charge in [-0.25, -0.2) is 8.42 Å². The van der Waals surface area contributed by atoms with Crippen molar-refractivity contribution in [2.24, 2.45) is 0 Å². The molecule has 8 nitrogen and oxygen atoms in total. The lowest BCUT2D eigenvalue weighted by Gasteiger charge is -2.24. The Kier molecular flexibility index (Phi) is 8.78. The minimum Gasteiger partial charge on any atom is -0.497 e. The summed E-state index contributed by atoms with van der Waals surface area (Å²) in [7, 11) is -2.58. The van der Waals surface area contributed by atoms with E-state index in [4.69, 9.17) is 4.74 Å². The van der Waals surface area contributed by atoms with E-state index in [1.165, 1.54) is 19.2 Å². The SMILES string of the molecule is COc1ccc(S(=O)(=O)N(CC(=O)Nc2cccc(NC(=O)c3ccc(C(C)(C)C)cc3)c2)c2ccccc2)cc1. The number of methoxy groups -OCH3 is 1. The van der Waals surface area contributed by atoms with E-state index in [2.05, 4.69) is 31.4 Å². The summed E-state index contributed by atoms with van der Waals surface area (Å²) in [6.45, 7) is 5.86. The van der Waals surface area contributed by atoms with Gasteiger partial charge in [0, 0.05) is 16.9 Å². The molecule has 212 valence electrons. The van der Waals surface area contributed by atoms with Gasteiger partial charge in [-0.2, -0.15) is 0 Å². The number of nitrogens with one attached hydrogen (secondary N) is 2. The van der Waals surface area contributed by atoms with Gasteiger partial charge in [0.15, 0.2) is 0 Å². The molecule has 0 bridgehead atoms. The Labute approximate surface area is 241 Å². The Morgan fingerprint density at radius 1 is 0.780 bits per heavy atom. The molecule has 0 aliphatic rings. The first kappa shape index (κ1) is 29.4. The average molecular weight is 572 g/mol. The van der Waals surface area contributed by atoms with E-state index >= 15 is 0 Å². The van der Waals surface area contributed by atoms with E-state index in [1.807, 2.05) is 12.1 Å². The molecule has 0 aromatic heterocycles. The zero-order valence-electron chi connectivity index (χ0n) is 23.4. The van der Waals surface area contributed by atoms with Crippen LogP contribution in [0.4, 0.5) is 17.1 Å². The number of benzene rings is 4. The minimum atomic E-state index is -4.07. The van der Waals surface area contributed by atoms with Crippen molar-refractivity contribution in [1.82, 2.24) is 0 Å². The van der Waals surface area contributed by atoms with Crippen molar-refractivity contribution < 1.29 is 22.7 Å². The van der Waals surface area contributed by atoms with Gasteiger partial charge in [-0.1, -0.05) is 57.2 Å². The molecule has 4 rings (SSSR count). The number of ether oxygens (including phenoxy) is 1. The zero-order valence-corrected chi connectivity index (χ0v) is 24.2. The molecule has 41 heavy (non-hydrogen) atoms. The Morgan fingerprint density at radius 2 is 1.39 bits per heavy atom. The molecule has 0 spiro atoms. The molecule has 0 saturated heterocycles. The van der Waals surface area contributed by atoms with Crippen LogP contribution in [0.1, 0.15) is 36.7 Å². The van der Waals surface area contributed by atoms with E-state index in [9.17, 15) is 18.0 Å². The maximum absolute atomic E-state index is 13.6. The first-order valence-electron chi connectivity index (χ1n) is 13.0. The van der Waals surface area contributed by atoms with E-state index in [0.29, 0.717) is 28.4 Å². The van der Waals surface area contributed by atoms with Crippen LogP contribution < -0.4 is 19.7 Å². The summed E-state index contributed by atoms with van der Waals surface area (Å²) < 4.78 is 33.3. The molecule has 0 aliphatic carbocycles. The van der Waals surface area contributed by atoms with Crippen molar-refractivity contribution >= 4 is 38.9 Å². The molecule has 0 radical (unpaired) electrons. The number of rotatable bonds is 9. The molecule has 0 atom stereocenters. The second kappa shape index (κ2) is 12.3. The lowest BCUT2D eigenvalue weighted by molar-refractivity contribution is -0.114. The molecular weight excluding hydrogens is 538 g/mol. The van der Waals surface area contributed by atoms with Crippen molar-refractivity contribution in [2.45, 2.75) is 31.1 Å². The third kappa shape index (κ3) is 7.32. The summed E-state index contributed by atoms with van der Waals surface area (Å²) in [5.41, 5.74) is 2.85. The van der Waals surface area contributed by atoms with Gasteiger partial charge in [0.05, 0.1) is 17.7 Å². The summed E-state index contributed by atoms with van der Waals surface area (Å²) in [4.78, 5) is 26.0. The van der Waals surface area contributed by atoms with Gasteiger partial charge in [-0.3, -0.25) is 13.9 Å². The predicted molar refractivity (Wildman–Crippen MR) is 162 cm³/mol. The van der Waals surface area contributed by atoms with Crippen LogP contribution in [0.5, 0.6) is 5.75 Å². The van der Waals surface area contributed by atoms with Gasteiger partial charge in [-0.05, 0) is 77.7 Å². The van der Waals surface area contributed by atoms with Crippen molar-refractivity contribution in [1.29, 1.82) is 0 Å². The van der Waals surface area contributed by atoms with Gasteiger partial charge >= 0.3 is 0 Å². The molecule has 0 unspecified atom stereocenters. The molecule has 0 heterocycles. The summed E-state index contributed by atoms with van der Waals surface area (Å²) in [5.74, 6) is -0.316. The third-order valence-corrected chi connectivity index (χ3v) is 8.18. The highest BCUT2D eigenvalue weighted by Gasteiger charge is 2.27. The second-order valence-electron chi connectivity index (χ2n) is 10.4. The highest BCUT2D eigenvalue weighted by atomic mass is 32.2. The van der Waals surface area contributed by atoms with Crippen LogP contribution >= 0.6 is 0 Å². The second-order valence-corrected chi connectivity index (χ2v) is 12.3. The highest BCUT2D eigenvalue weighted by Crippen LogP contribution is 2.26. The molecule has 2 N–H and O–H groups in total. The number of carbonyl (C=O) groups is 2. The Hall–Kier alpha value is -4.63. The summed E-state index contributed by atoms with van der Waals surface area (Å²) in [6, 6.07) is 28.5. The first-order chi connectivity index (χ1) is 19.5. The van der Waals surface area contributed by atoms with Crippen LogP contribution in [0, 0.1) is 0 Å². The van der Waals surface area contributed by atoms with Crippen molar-refractivity contribution in [2.75, 3.05) is 28.6 Å². The van der Waals surface area contributed by atoms with Crippen molar-refractivity contribution in [3.8, 4) is 5.75 Å². The predicted octanol–water partition coefficient (Wildman–Crippen LogP) is 6.08. The fourth-order valence-corrected chi connectivity index (χ4v) is 5.54. The fourth-order valence-electron chi connectivity index (χ4n) is 4.11. The van der Waals surface area contributed by atoms with E-state index in [0.717, 1.165) is 9.87 Å². The topological polar surface area (TPSA) is 105 Å². The Balaban J connectivity index is 1.49. The normalized spacial score (nSPS) is 11.4. The minimum absolute atomic E-state index is 0.0222. The number of hydrogen-bond acceptors (Lipinski definition) is 5. The monoisotopic (exact) mass is 571 g/mol. The van der Waals surface area contributed by atoms with E-state index in [-0.39, 0.29) is 16.2 Å². The number of sulfonamides is 1. The van der Waals surface area contributed by atoms with Crippen LogP contribution in [0.15, 0.2) is 108 Å². The molecule has 4 aromatic carbocycles. The van der Waals surface area contributed by atoms with Gasteiger partial charge < -0.3 is 15.4 Å². The van der Waals surface area contributed by atoms with Crippen LogP contribution in [0.25, 0.3) is 0 Å².